The average molecular weight is 250 g/mol. The predicted molar refractivity (Wildman–Crippen MR) is 71.6 cm³/mol. The van der Waals surface area contributed by atoms with Crippen LogP contribution < -0.4 is 5.32 Å². The highest BCUT2D eigenvalue weighted by Gasteiger charge is 2.14. The van der Waals surface area contributed by atoms with Gasteiger partial charge in [-0.05, 0) is 27.7 Å². The van der Waals surface area contributed by atoms with E-state index in [9.17, 15) is 0 Å². The Balaban J connectivity index is 2.19. The summed E-state index contributed by atoms with van der Waals surface area (Å²) in [4.78, 5) is 10.2. The van der Waals surface area contributed by atoms with Crippen LogP contribution in [0, 0.1) is 20.8 Å². The topological polar surface area (TPSA) is 42.7 Å². The summed E-state index contributed by atoms with van der Waals surface area (Å²) < 4.78 is 2.01. The van der Waals surface area contributed by atoms with Crippen LogP contribution in [-0.2, 0) is 7.05 Å². The van der Waals surface area contributed by atoms with Crippen LogP contribution >= 0.6 is 11.3 Å². The lowest BCUT2D eigenvalue weighted by atomic mass is 10.2. The molecule has 5 heteroatoms. The Morgan fingerprint density at radius 2 is 2.00 bits per heavy atom. The Hall–Kier alpha value is -1.36. The normalized spacial score (nSPS) is 12.8. The molecule has 2 aromatic heterocycles. The van der Waals surface area contributed by atoms with E-state index in [4.69, 9.17) is 0 Å². The van der Waals surface area contributed by atoms with Crippen LogP contribution in [0.5, 0.6) is 0 Å². The Kier molecular flexibility index (Phi) is 3.19. The first kappa shape index (κ1) is 12.1. The van der Waals surface area contributed by atoms with E-state index >= 15 is 0 Å². The van der Waals surface area contributed by atoms with Crippen LogP contribution in [0.1, 0.15) is 34.2 Å². The second-order valence-corrected chi connectivity index (χ2v) is 5.60. The van der Waals surface area contributed by atoms with Crippen molar-refractivity contribution in [3.05, 3.63) is 27.5 Å². The number of anilines is 1. The summed E-state index contributed by atoms with van der Waals surface area (Å²) in [5.74, 6) is 0.903. The van der Waals surface area contributed by atoms with E-state index in [0.717, 1.165) is 22.3 Å². The highest BCUT2D eigenvalue weighted by atomic mass is 32.1. The third kappa shape index (κ3) is 2.49. The first-order chi connectivity index (χ1) is 7.97. The second-order valence-electron chi connectivity index (χ2n) is 4.37. The summed E-state index contributed by atoms with van der Waals surface area (Å²) in [5.41, 5.74) is 2.14. The van der Waals surface area contributed by atoms with Gasteiger partial charge in [0.25, 0.3) is 0 Å². The zero-order valence-electron chi connectivity index (χ0n) is 10.9. The van der Waals surface area contributed by atoms with E-state index < -0.39 is 0 Å². The van der Waals surface area contributed by atoms with Gasteiger partial charge in [0.2, 0.25) is 5.95 Å². The molecule has 17 heavy (non-hydrogen) atoms. The third-order valence-corrected chi connectivity index (χ3v) is 3.93. The fourth-order valence-electron chi connectivity index (χ4n) is 1.96. The molecule has 0 aliphatic heterocycles. The van der Waals surface area contributed by atoms with Gasteiger partial charge in [-0.3, -0.25) is 0 Å². The molecule has 2 rings (SSSR count). The van der Waals surface area contributed by atoms with Crippen molar-refractivity contribution < 1.29 is 0 Å². The Labute approximate surface area is 106 Å². The number of thiazole rings is 1. The molecule has 92 valence electrons. The van der Waals surface area contributed by atoms with Crippen LogP contribution in [0.3, 0.4) is 0 Å². The van der Waals surface area contributed by atoms with Crippen LogP contribution in [0.15, 0.2) is 6.20 Å². The summed E-state index contributed by atoms with van der Waals surface area (Å²) in [5, 5.41) is 4.54. The Morgan fingerprint density at radius 3 is 2.47 bits per heavy atom. The predicted octanol–water partition coefficient (Wildman–Crippen LogP) is 2.97. The fourth-order valence-corrected chi connectivity index (χ4v) is 2.89. The van der Waals surface area contributed by atoms with Crippen molar-refractivity contribution in [2.75, 3.05) is 5.32 Å². The van der Waals surface area contributed by atoms with E-state index in [1.165, 1.54) is 4.88 Å². The minimum atomic E-state index is 0.238. The molecule has 0 spiro atoms. The summed E-state index contributed by atoms with van der Waals surface area (Å²) in [7, 11) is 2.00. The molecule has 0 aliphatic rings. The molecule has 1 atom stereocenters. The molecular weight excluding hydrogens is 232 g/mol. The molecule has 1 unspecified atom stereocenters. The van der Waals surface area contributed by atoms with Crippen LogP contribution in [0.2, 0.25) is 0 Å². The summed E-state index contributed by atoms with van der Waals surface area (Å²) in [6.07, 6.45) is 2.01. The monoisotopic (exact) mass is 250 g/mol. The molecule has 0 saturated carbocycles. The molecule has 1 N–H and O–H groups in total. The fraction of sp³-hybridized carbons (Fsp3) is 0.500. The van der Waals surface area contributed by atoms with Crippen LogP contribution in [0.25, 0.3) is 0 Å². The molecule has 0 saturated heterocycles. The van der Waals surface area contributed by atoms with Gasteiger partial charge in [-0.15, -0.1) is 11.3 Å². The van der Waals surface area contributed by atoms with Gasteiger partial charge in [-0.25, -0.2) is 9.97 Å². The second kappa shape index (κ2) is 4.49. The van der Waals surface area contributed by atoms with Gasteiger partial charge in [0, 0.05) is 18.1 Å². The summed E-state index contributed by atoms with van der Waals surface area (Å²) in [6.45, 7) is 8.24. The maximum atomic E-state index is 4.45. The number of aromatic nitrogens is 3. The van der Waals surface area contributed by atoms with E-state index in [2.05, 4.69) is 29.1 Å². The van der Waals surface area contributed by atoms with E-state index in [-0.39, 0.29) is 6.04 Å². The molecular formula is C12H18N4S. The first-order valence-electron chi connectivity index (χ1n) is 5.68. The van der Waals surface area contributed by atoms with Crippen molar-refractivity contribution >= 4 is 17.3 Å². The molecule has 0 amide bonds. The molecule has 0 aromatic carbocycles. The zero-order chi connectivity index (χ0) is 12.6. The van der Waals surface area contributed by atoms with Gasteiger partial charge >= 0.3 is 0 Å². The standard InChI is InChI=1S/C12H18N4S/c1-7-6-16(5)12(13-7)15-9(3)11-8(2)14-10(4)17-11/h6,9H,1-5H3,(H,13,15). The molecule has 2 heterocycles. The lowest BCUT2D eigenvalue weighted by Gasteiger charge is -2.13. The van der Waals surface area contributed by atoms with Crippen molar-refractivity contribution in [1.29, 1.82) is 0 Å². The van der Waals surface area contributed by atoms with E-state index in [1.54, 1.807) is 11.3 Å². The molecule has 2 aromatic rings. The number of aryl methyl sites for hydroxylation is 4. The maximum Gasteiger partial charge on any atom is 0.203 e. The van der Waals surface area contributed by atoms with E-state index in [1.807, 2.05) is 31.7 Å². The number of imidazole rings is 1. The van der Waals surface area contributed by atoms with Gasteiger partial charge in [0.15, 0.2) is 0 Å². The lowest BCUT2D eigenvalue weighted by molar-refractivity contribution is 0.827. The number of rotatable bonds is 3. The maximum absolute atomic E-state index is 4.45. The SMILES string of the molecule is Cc1cn(C)c(NC(C)c2sc(C)nc2C)n1. The smallest absolute Gasteiger partial charge is 0.203 e. The number of nitrogens with one attached hydrogen (secondary N) is 1. The van der Waals surface area contributed by atoms with Gasteiger partial charge in [-0.2, -0.15) is 0 Å². The minimum Gasteiger partial charge on any atom is -0.348 e. The molecule has 0 radical (unpaired) electrons. The van der Waals surface area contributed by atoms with Gasteiger partial charge in [0.1, 0.15) is 0 Å². The van der Waals surface area contributed by atoms with Crippen molar-refractivity contribution in [1.82, 2.24) is 14.5 Å². The van der Waals surface area contributed by atoms with Gasteiger partial charge < -0.3 is 9.88 Å². The average Bonchev–Trinajstić information content (AvgIpc) is 2.70. The van der Waals surface area contributed by atoms with Gasteiger partial charge in [-0.1, -0.05) is 0 Å². The van der Waals surface area contributed by atoms with Crippen molar-refractivity contribution in [3.8, 4) is 0 Å². The van der Waals surface area contributed by atoms with Crippen molar-refractivity contribution in [2.45, 2.75) is 33.7 Å². The van der Waals surface area contributed by atoms with Crippen LogP contribution in [-0.4, -0.2) is 14.5 Å². The summed E-state index contributed by atoms with van der Waals surface area (Å²) in [6, 6.07) is 0.238. The van der Waals surface area contributed by atoms with E-state index in [0.29, 0.717) is 0 Å². The number of nitrogens with zero attached hydrogens (tertiary/aromatic N) is 3. The molecule has 0 fully saturated rings. The van der Waals surface area contributed by atoms with Gasteiger partial charge in [0.05, 0.1) is 22.4 Å². The van der Waals surface area contributed by atoms with Crippen molar-refractivity contribution in [2.24, 2.45) is 7.05 Å². The Bertz CT molecular complexity index is 527. The number of hydrogen-bond donors (Lipinski definition) is 1. The minimum absolute atomic E-state index is 0.238. The third-order valence-electron chi connectivity index (χ3n) is 2.68. The largest absolute Gasteiger partial charge is 0.348 e. The molecule has 4 nitrogen and oxygen atoms in total. The molecule has 0 bridgehead atoms. The highest BCUT2D eigenvalue weighted by Crippen LogP contribution is 2.26. The number of hydrogen-bond acceptors (Lipinski definition) is 4. The quantitative estimate of drug-likeness (QED) is 0.910. The summed E-state index contributed by atoms with van der Waals surface area (Å²) >= 11 is 1.74. The Morgan fingerprint density at radius 1 is 1.29 bits per heavy atom. The van der Waals surface area contributed by atoms with Crippen LogP contribution in [0.4, 0.5) is 5.95 Å². The highest BCUT2D eigenvalue weighted by molar-refractivity contribution is 7.11. The zero-order valence-corrected chi connectivity index (χ0v) is 11.7. The first-order valence-corrected chi connectivity index (χ1v) is 6.49. The lowest BCUT2D eigenvalue weighted by Crippen LogP contribution is -2.10. The molecule has 0 aliphatic carbocycles. The van der Waals surface area contributed by atoms with Crippen molar-refractivity contribution in [3.63, 3.8) is 0 Å².